The number of nitrogens with zero attached hydrogens (tertiary/aromatic N) is 2. The van der Waals surface area contributed by atoms with Gasteiger partial charge < -0.3 is 5.32 Å². The Morgan fingerprint density at radius 3 is 3.00 bits per heavy atom. The topological polar surface area (TPSA) is 37.8 Å². The number of aromatic nitrogens is 2. The van der Waals surface area contributed by atoms with Crippen molar-refractivity contribution in [3.63, 3.8) is 0 Å². The van der Waals surface area contributed by atoms with Gasteiger partial charge in [0.15, 0.2) is 0 Å². The second-order valence-electron chi connectivity index (χ2n) is 2.97. The quantitative estimate of drug-likeness (QED) is 0.480. The van der Waals surface area contributed by atoms with Gasteiger partial charge in [0, 0.05) is 18.0 Å². The molecule has 14 heavy (non-hydrogen) atoms. The molecule has 0 saturated carbocycles. The first kappa shape index (κ1) is 11.6. The van der Waals surface area contributed by atoms with Crippen LogP contribution in [0.2, 0.25) is 0 Å². The van der Waals surface area contributed by atoms with E-state index in [2.05, 4.69) is 22.2 Å². The zero-order valence-electron chi connectivity index (χ0n) is 8.33. The first-order chi connectivity index (χ1) is 6.76. The summed E-state index contributed by atoms with van der Waals surface area (Å²) in [5.41, 5.74) is 0. The van der Waals surface area contributed by atoms with Gasteiger partial charge in [-0.25, -0.2) is 9.97 Å². The Hall–Kier alpha value is -0.480. The molecule has 0 aliphatic carbocycles. The molecule has 1 atom stereocenters. The molecule has 1 N–H and O–H groups in total. The highest BCUT2D eigenvalue weighted by Gasteiger charge is 2.02. The smallest absolute Gasteiger partial charge is 0.130 e. The van der Waals surface area contributed by atoms with Crippen LogP contribution in [0.4, 0.5) is 5.82 Å². The summed E-state index contributed by atoms with van der Waals surface area (Å²) < 4.78 is 0. The van der Waals surface area contributed by atoms with E-state index in [9.17, 15) is 0 Å². The molecule has 1 aromatic rings. The van der Waals surface area contributed by atoms with Crippen LogP contribution in [0, 0.1) is 0 Å². The molecule has 0 aliphatic heterocycles. The average Bonchev–Trinajstić information content (AvgIpc) is 2.18. The summed E-state index contributed by atoms with van der Waals surface area (Å²) in [5.74, 6) is 1.52. The molecule has 0 aromatic carbocycles. The number of rotatable bonds is 5. The standard InChI is InChI=1S/C9H14ClN3S/c1-7(3-4-10)13-8-5-9(14-2)12-6-11-8/h5-7H,3-4H2,1-2H3,(H,11,12,13). The van der Waals surface area contributed by atoms with Crippen molar-refractivity contribution >= 4 is 29.2 Å². The van der Waals surface area contributed by atoms with E-state index in [1.807, 2.05) is 12.3 Å². The van der Waals surface area contributed by atoms with Crippen LogP contribution in [0.5, 0.6) is 0 Å². The fraction of sp³-hybridized carbons (Fsp3) is 0.556. The van der Waals surface area contributed by atoms with Crippen molar-refractivity contribution in [2.45, 2.75) is 24.4 Å². The number of hydrogen-bond acceptors (Lipinski definition) is 4. The second kappa shape index (κ2) is 6.09. The van der Waals surface area contributed by atoms with Crippen molar-refractivity contribution in [1.82, 2.24) is 9.97 Å². The van der Waals surface area contributed by atoms with Gasteiger partial charge in [-0.05, 0) is 19.6 Å². The number of nitrogens with one attached hydrogen (secondary N) is 1. The molecule has 0 radical (unpaired) electrons. The van der Waals surface area contributed by atoms with Crippen LogP contribution in [0.25, 0.3) is 0 Å². The fourth-order valence-electron chi connectivity index (χ4n) is 1.02. The Morgan fingerprint density at radius 1 is 1.57 bits per heavy atom. The SMILES string of the molecule is CSc1cc(NC(C)CCCl)ncn1. The van der Waals surface area contributed by atoms with Crippen molar-refractivity contribution in [3.8, 4) is 0 Å². The Kier molecular flexibility index (Phi) is 5.04. The number of thioether (sulfide) groups is 1. The molecule has 5 heteroatoms. The van der Waals surface area contributed by atoms with Crippen LogP contribution in [-0.2, 0) is 0 Å². The van der Waals surface area contributed by atoms with E-state index in [4.69, 9.17) is 11.6 Å². The maximum atomic E-state index is 5.64. The first-order valence-corrected chi connectivity index (χ1v) is 6.20. The lowest BCUT2D eigenvalue weighted by Crippen LogP contribution is -2.16. The van der Waals surface area contributed by atoms with Gasteiger partial charge in [0.1, 0.15) is 17.2 Å². The Morgan fingerprint density at radius 2 is 2.36 bits per heavy atom. The summed E-state index contributed by atoms with van der Waals surface area (Å²) in [6, 6.07) is 2.28. The fourth-order valence-corrected chi connectivity index (χ4v) is 1.73. The summed E-state index contributed by atoms with van der Waals surface area (Å²) in [7, 11) is 0. The van der Waals surface area contributed by atoms with Crippen molar-refractivity contribution in [2.75, 3.05) is 17.5 Å². The largest absolute Gasteiger partial charge is 0.367 e. The van der Waals surface area contributed by atoms with Crippen LogP contribution in [-0.4, -0.2) is 28.1 Å². The predicted molar refractivity (Wildman–Crippen MR) is 62.2 cm³/mol. The second-order valence-corrected chi connectivity index (χ2v) is 4.17. The third-order valence-electron chi connectivity index (χ3n) is 1.79. The molecule has 0 amide bonds. The van der Waals surface area contributed by atoms with Gasteiger partial charge in [0.2, 0.25) is 0 Å². The van der Waals surface area contributed by atoms with Crippen LogP contribution in [0.3, 0.4) is 0 Å². The van der Waals surface area contributed by atoms with Crippen LogP contribution < -0.4 is 5.32 Å². The zero-order valence-corrected chi connectivity index (χ0v) is 9.90. The van der Waals surface area contributed by atoms with E-state index >= 15 is 0 Å². The highest BCUT2D eigenvalue weighted by molar-refractivity contribution is 7.98. The van der Waals surface area contributed by atoms with Crippen LogP contribution in [0.1, 0.15) is 13.3 Å². The molecule has 0 spiro atoms. The first-order valence-electron chi connectivity index (χ1n) is 4.44. The molecule has 0 saturated heterocycles. The van der Waals surface area contributed by atoms with Gasteiger partial charge in [-0.1, -0.05) is 0 Å². The van der Waals surface area contributed by atoms with Gasteiger partial charge in [-0.15, -0.1) is 23.4 Å². The summed E-state index contributed by atoms with van der Waals surface area (Å²) >= 11 is 7.25. The zero-order chi connectivity index (χ0) is 10.4. The maximum Gasteiger partial charge on any atom is 0.130 e. The molecule has 1 aromatic heterocycles. The molecule has 0 bridgehead atoms. The molecule has 1 rings (SSSR count). The van der Waals surface area contributed by atoms with Crippen LogP contribution >= 0.6 is 23.4 Å². The highest BCUT2D eigenvalue weighted by Crippen LogP contribution is 2.14. The normalized spacial score (nSPS) is 12.5. The molecule has 78 valence electrons. The number of halogens is 1. The lowest BCUT2D eigenvalue weighted by molar-refractivity contribution is 0.761. The summed E-state index contributed by atoms with van der Waals surface area (Å²) in [6.07, 6.45) is 4.50. The van der Waals surface area contributed by atoms with Crippen molar-refractivity contribution in [2.24, 2.45) is 0 Å². The minimum atomic E-state index is 0.345. The summed E-state index contributed by atoms with van der Waals surface area (Å²) in [6.45, 7) is 2.09. The van der Waals surface area contributed by atoms with Gasteiger partial charge >= 0.3 is 0 Å². The predicted octanol–water partition coefficient (Wildman–Crippen LogP) is 2.63. The van der Waals surface area contributed by atoms with E-state index < -0.39 is 0 Å². The molecular weight excluding hydrogens is 218 g/mol. The third kappa shape index (κ3) is 3.72. The number of alkyl halides is 1. The monoisotopic (exact) mass is 231 g/mol. The average molecular weight is 232 g/mol. The van der Waals surface area contributed by atoms with E-state index in [1.165, 1.54) is 0 Å². The lowest BCUT2D eigenvalue weighted by Gasteiger charge is -2.12. The van der Waals surface area contributed by atoms with Gasteiger partial charge in [0.25, 0.3) is 0 Å². The summed E-state index contributed by atoms with van der Waals surface area (Å²) in [4.78, 5) is 8.23. The van der Waals surface area contributed by atoms with E-state index in [0.29, 0.717) is 11.9 Å². The lowest BCUT2D eigenvalue weighted by atomic mass is 10.2. The molecule has 3 nitrogen and oxygen atoms in total. The number of anilines is 1. The van der Waals surface area contributed by atoms with Crippen molar-refractivity contribution in [3.05, 3.63) is 12.4 Å². The minimum Gasteiger partial charge on any atom is -0.367 e. The van der Waals surface area contributed by atoms with Gasteiger partial charge in [-0.3, -0.25) is 0 Å². The molecule has 1 unspecified atom stereocenters. The van der Waals surface area contributed by atoms with Crippen LogP contribution in [0.15, 0.2) is 17.4 Å². The summed E-state index contributed by atoms with van der Waals surface area (Å²) in [5, 5.41) is 4.24. The maximum absolute atomic E-state index is 5.64. The third-order valence-corrected chi connectivity index (χ3v) is 2.65. The Bertz CT molecular complexity index is 283. The molecule has 0 fully saturated rings. The van der Waals surface area contributed by atoms with Crippen molar-refractivity contribution in [1.29, 1.82) is 0 Å². The minimum absolute atomic E-state index is 0.345. The van der Waals surface area contributed by atoms with Crippen molar-refractivity contribution < 1.29 is 0 Å². The number of hydrogen-bond donors (Lipinski definition) is 1. The molecule has 1 heterocycles. The van der Waals surface area contributed by atoms with E-state index in [-0.39, 0.29) is 0 Å². The molecular formula is C9H14ClN3S. The Labute approximate surface area is 93.7 Å². The Balaban J connectivity index is 2.57. The van der Waals surface area contributed by atoms with Gasteiger partial charge in [0.05, 0.1) is 0 Å². The van der Waals surface area contributed by atoms with E-state index in [1.54, 1.807) is 18.1 Å². The van der Waals surface area contributed by atoms with E-state index in [0.717, 1.165) is 17.3 Å². The van der Waals surface area contributed by atoms with Gasteiger partial charge in [-0.2, -0.15) is 0 Å². The highest BCUT2D eigenvalue weighted by atomic mass is 35.5. The molecule has 0 aliphatic rings.